The van der Waals surface area contributed by atoms with Crippen LogP contribution in [0.1, 0.15) is 0 Å². The van der Waals surface area contributed by atoms with Gasteiger partial charge in [0, 0.05) is 14.2 Å². The van der Waals surface area contributed by atoms with Crippen LogP contribution >= 0.6 is 18.9 Å². The Morgan fingerprint density at radius 1 is 1.44 bits per heavy atom. The normalized spacial score (nSPS) is 12.9. The first-order chi connectivity index (χ1) is 7.43. The van der Waals surface area contributed by atoms with Gasteiger partial charge in [-0.2, -0.15) is 4.72 Å². The largest absolute Gasteiger partial charge is 0.344 e. The summed E-state index contributed by atoms with van der Waals surface area (Å²) < 4.78 is 46.4. The summed E-state index contributed by atoms with van der Waals surface area (Å²) in [6.45, 7) is 0. The van der Waals surface area contributed by atoms with Gasteiger partial charge in [0.15, 0.2) is 0 Å². The fourth-order valence-electron chi connectivity index (χ4n) is 0.855. The van der Waals surface area contributed by atoms with Gasteiger partial charge in [-0.15, -0.1) is 11.3 Å². The molecule has 0 spiro atoms. The molecule has 0 unspecified atom stereocenters. The molecule has 1 rings (SSSR count). The lowest BCUT2D eigenvalue weighted by Crippen LogP contribution is -2.24. The van der Waals surface area contributed by atoms with Crippen molar-refractivity contribution in [1.82, 2.24) is 4.72 Å². The summed E-state index contributed by atoms with van der Waals surface area (Å²) in [5.41, 5.74) is 0. The van der Waals surface area contributed by atoms with E-state index in [4.69, 9.17) is 0 Å². The molecule has 0 aliphatic heterocycles. The smallest absolute Gasteiger partial charge is 0.311 e. The molecule has 92 valence electrons. The second-order valence-corrected chi connectivity index (χ2v) is 7.92. The van der Waals surface area contributed by atoms with Crippen LogP contribution < -0.4 is 4.72 Å². The quantitative estimate of drug-likeness (QED) is 0.800. The van der Waals surface area contributed by atoms with Crippen LogP contribution in [0.25, 0.3) is 0 Å². The molecule has 16 heavy (non-hydrogen) atoms. The fraction of sp³-hybridized carbons (Fsp3) is 0.429. The number of nitrogens with one attached hydrogen (secondary N) is 1. The average molecular weight is 285 g/mol. The van der Waals surface area contributed by atoms with Gasteiger partial charge in [-0.05, 0) is 11.4 Å². The maximum absolute atomic E-state index is 11.6. The second-order valence-electron chi connectivity index (χ2n) is 2.71. The Balaban J connectivity index is 2.73. The van der Waals surface area contributed by atoms with E-state index >= 15 is 0 Å². The van der Waals surface area contributed by atoms with Crippen molar-refractivity contribution < 1.29 is 22.0 Å². The van der Waals surface area contributed by atoms with E-state index in [0.717, 1.165) is 11.3 Å². The lowest BCUT2D eigenvalue weighted by molar-refractivity contribution is 0.275. The van der Waals surface area contributed by atoms with E-state index in [1.807, 2.05) is 0 Å². The number of hydrogen-bond donors (Lipinski definition) is 1. The highest BCUT2D eigenvalue weighted by molar-refractivity contribution is 7.91. The molecule has 0 radical (unpaired) electrons. The molecule has 0 aromatic carbocycles. The van der Waals surface area contributed by atoms with Crippen molar-refractivity contribution in [3.63, 3.8) is 0 Å². The predicted octanol–water partition coefficient (Wildman–Crippen LogP) is 1.47. The van der Waals surface area contributed by atoms with Crippen LogP contribution in [-0.2, 0) is 23.6 Å². The summed E-state index contributed by atoms with van der Waals surface area (Å²) >= 11 is 1.07. The number of hydrogen-bond acceptors (Lipinski definition) is 6. The van der Waals surface area contributed by atoms with Gasteiger partial charge in [0.05, 0.1) is 0 Å². The molecular weight excluding hydrogens is 273 g/mol. The zero-order chi connectivity index (χ0) is 12.2. The van der Waals surface area contributed by atoms with E-state index < -0.39 is 17.6 Å². The Hall–Kier alpha value is -0.240. The molecule has 0 aliphatic rings. The Bertz CT molecular complexity index is 461. The van der Waals surface area contributed by atoms with Gasteiger partial charge < -0.3 is 9.05 Å². The van der Waals surface area contributed by atoms with Crippen molar-refractivity contribution in [1.29, 1.82) is 0 Å². The third kappa shape index (κ3) is 3.38. The number of thiophene rings is 1. The highest BCUT2D eigenvalue weighted by Gasteiger charge is 2.25. The highest BCUT2D eigenvalue weighted by atomic mass is 32.2. The Labute approximate surface area is 98.2 Å². The first-order valence-electron chi connectivity index (χ1n) is 4.17. The minimum Gasteiger partial charge on any atom is -0.311 e. The van der Waals surface area contributed by atoms with E-state index in [2.05, 4.69) is 13.8 Å². The van der Waals surface area contributed by atoms with Crippen LogP contribution in [0.3, 0.4) is 0 Å². The molecule has 1 heterocycles. The summed E-state index contributed by atoms with van der Waals surface area (Å²) in [5, 5.41) is 1.64. The third-order valence-corrected chi connectivity index (χ3v) is 6.44. The van der Waals surface area contributed by atoms with Gasteiger partial charge in [0.1, 0.15) is 10.5 Å². The number of rotatable bonds is 6. The van der Waals surface area contributed by atoms with E-state index in [0.29, 0.717) is 0 Å². The van der Waals surface area contributed by atoms with Crippen LogP contribution in [0.4, 0.5) is 0 Å². The first-order valence-corrected chi connectivity index (χ1v) is 8.26. The molecular formula is C7H12NO5PS2. The maximum Gasteiger partial charge on any atom is 0.344 e. The van der Waals surface area contributed by atoms with E-state index in [-0.39, 0.29) is 10.5 Å². The molecule has 0 amide bonds. The molecule has 0 fully saturated rings. The zero-order valence-corrected chi connectivity index (χ0v) is 11.3. The van der Waals surface area contributed by atoms with Gasteiger partial charge >= 0.3 is 7.60 Å². The third-order valence-electron chi connectivity index (χ3n) is 1.76. The fourth-order valence-corrected chi connectivity index (χ4v) is 4.27. The van der Waals surface area contributed by atoms with Gasteiger partial charge in [0.2, 0.25) is 0 Å². The molecule has 0 bridgehead atoms. The summed E-state index contributed by atoms with van der Waals surface area (Å²) in [5.74, 6) is 0. The van der Waals surface area contributed by atoms with Crippen molar-refractivity contribution in [3.05, 3.63) is 17.5 Å². The van der Waals surface area contributed by atoms with Crippen LogP contribution in [-0.4, -0.2) is 28.9 Å². The van der Waals surface area contributed by atoms with Gasteiger partial charge in [-0.1, -0.05) is 6.07 Å². The summed E-state index contributed by atoms with van der Waals surface area (Å²) in [6, 6.07) is 3.07. The second kappa shape index (κ2) is 5.39. The Morgan fingerprint density at radius 3 is 2.50 bits per heavy atom. The van der Waals surface area contributed by atoms with Crippen molar-refractivity contribution in [2.75, 3.05) is 20.5 Å². The molecule has 0 aliphatic carbocycles. The molecule has 0 saturated carbocycles. The minimum absolute atomic E-state index is 0.159. The molecule has 9 heteroatoms. The lowest BCUT2D eigenvalue weighted by Gasteiger charge is -2.13. The highest BCUT2D eigenvalue weighted by Crippen LogP contribution is 2.45. The molecule has 1 aromatic rings. The van der Waals surface area contributed by atoms with Gasteiger partial charge in [-0.3, -0.25) is 4.57 Å². The standard InChI is InChI=1S/C7H12NO5PS2/c1-12-14(9,13-2)6-8-16(10,11)7-4-3-5-15-7/h3-5,8H,6H2,1-2H3. The van der Waals surface area contributed by atoms with Crippen LogP contribution in [0.2, 0.25) is 0 Å². The summed E-state index contributed by atoms with van der Waals surface area (Å²) in [7, 11) is -4.60. The summed E-state index contributed by atoms with van der Waals surface area (Å²) in [4.78, 5) is 0. The molecule has 6 nitrogen and oxygen atoms in total. The van der Waals surface area contributed by atoms with Crippen molar-refractivity contribution >= 4 is 29.0 Å². The van der Waals surface area contributed by atoms with E-state index in [1.165, 1.54) is 20.3 Å². The van der Waals surface area contributed by atoms with Gasteiger partial charge in [0.25, 0.3) is 10.0 Å². The van der Waals surface area contributed by atoms with E-state index in [9.17, 15) is 13.0 Å². The van der Waals surface area contributed by atoms with Crippen LogP contribution in [0.5, 0.6) is 0 Å². The molecule has 1 aromatic heterocycles. The SMILES string of the molecule is COP(=O)(CNS(=O)(=O)c1cccs1)OC. The molecule has 0 atom stereocenters. The monoisotopic (exact) mass is 285 g/mol. The van der Waals surface area contributed by atoms with Gasteiger partial charge in [-0.25, -0.2) is 8.42 Å². The topological polar surface area (TPSA) is 81.7 Å². The van der Waals surface area contributed by atoms with Crippen molar-refractivity contribution in [2.45, 2.75) is 4.21 Å². The predicted molar refractivity (Wildman–Crippen MR) is 61.1 cm³/mol. The molecule has 0 saturated heterocycles. The summed E-state index contributed by atoms with van der Waals surface area (Å²) in [6.07, 6.45) is -0.389. The van der Waals surface area contributed by atoms with Crippen LogP contribution in [0, 0.1) is 0 Å². The Kier molecular flexibility index (Phi) is 4.66. The lowest BCUT2D eigenvalue weighted by atomic mass is 10.7. The number of sulfonamides is 1. The maximum atomic E-state index is 11.6. The zero-order valence-electron chi connectivity index (χ0n) is 8.74. The minimum atomic E-state index is -3.63. The van der Waals surface area contributed by atoms with Crippen LogP contribution in [0.15, 0.2) is 21.7 Å². The molecule has 1 N–H and O–H groups in total. The average Bonchev–Trinajstić information content (AvgIpc) is 2.80. The van der Waals surface area contributed by atoms with E-state index in [1.54, 1.807) is 11.4 Å². The van der Waals surface area contributed by atoms with Crippen molar-refractivity contribution in [3.8, 4) is 0 Å². The van der Waals surface area contributed by atoms with Crippen molar-refractivity contribution in [2.24, 2.45) is 0 Å². The Morgan fingerprint density at radius 2 is 2.06 bits per heavy atom. The first kappa shape index (κ1) is 13.8.